The van der Waals surface area contributed by atoms with Gasteiger partial charge in [0.15, 0.2) is 0 Å². The van der Waals surface area contributed by atoms with E-state index in [1.54, 1.807) is 36.4 Å². The molecule has 0 aliphatic carbocycles. The molecule has 0 unspecified atom stereocenters. The van der Waals surface area contributed by atoms with Crippen molar-refractivity contribution in [1.29, 1.82) is 0 Å². The molecule has 46 heavy (non-hydrogen) atoms. The van der Waals surface area contributed by atoms with E-state index in [9.17, 15) is 18.0 Å². The van der Waals surface area contributed by atoms with Gasteiger partial charge in [-0.15, -0.1) is 0 Å². The molecule has 0 aromatic heterocycles. The number of halogens is 2. The highest BCUT2D eigenvalue weighted by Crippen LogP contribution is 2.29. The zero-order valence-electron chi connectivity index (χ0n) is 26.5. The zero-order valence-corrected chi connectivity index (χ0v) is 28.8. The Morgan fingerprint density at radius 2 is 1.52 bits per heavy atom. The number of anilines is 1. The van der Waals surface area contributed by atoms with Crippen LogP contribution in [0.2, 0.25) is 10.0 Å². The summed E-state index contributed by atoms with van der Waals surface area (Å²) in [5, 5.41) is 3.70. The number of carbonyl (C=O) groups is 2. The van der Waals surface area contributed by atoms with Gasteiger partial charge in [-0.05, 0) is 74.2 Å². The van der Waals surface area contributed by atoms with Gasteiger partial charge in [-0.2, -0.15) is 0 Å². The number of hydrogen-bond acceptors (Lipinski definition) is 4. The molecule has 4 rings (SSSR count). The van der Waals surface area contributed by atoms with Crippen molar-refractivity contribution in [2.45, 2.75) is 58.0 Å². The van der Waals surface area contributed by atoms with E-state index in [0.717, 1.165) is 21.0 Å². The first-order valence-electron chi connectivity index (χ1n) is 15.1. The number of rotatable bonds is 13. The molecule has 1 N–H and O–H groups in total. The lowest BCUT2D eigenvalue weighted by atomic mass is 10.0. The third-order valence-corrected chi connectivity index (χ3v) is 10.0. The van der Waals surface area contributed by atoms with Gasteiger partial charge in [0, 0.05) is 29.6 Å². The molecule has 0 bridgehead atoms. The van der Waals surface area contributed by atoms with E-state index in [1.165, 1.54) is 17.0 Å². The molecule has 0 aliphatic rings. The first kappa shape index (κ1) is 35.0. The van der Waals surface area contributed by atoms with E-state index in [-0.39, 0.29) is 23.8 Å². The largest absolute Gasteiger partial charge is 0.354 e. The summed E-state index contributed by atoms with van der Waals surface area (Å²) in [5.74, 6) is -0.905. The van der Waals surface area contributed by atoms with E-state index in [4.69, 9.17) is 23.2 Å². The fourth-order valence-electron chi connectivity index (χ4n) is 5.19. The maximum atomic E-state index is 14.6. The predicted molar refractivity (Wildman–Crippen MR) is 186 cm³/mol. The van der Waals surface area contributed by atoms with Crippen molar-refractivity contribution in [2.75, 3.05) is 17.4 Å². The molecule has 0 saturated carbocycles. The molecular weight excluding hydrogens is 641 g/mol. The highest BCUT2D eigenvalue weighted by molar-refractivity contribution is 7.92. The Bertz CT molecular complexity index is 1780. The Kier molecular flexibility index (Phi) is 11.9. The Morgan fingerprint density at radius 1 is 0.848 bits per heavy atom. The lowest BCUT2D eigenvalue weighted by Crippen LogP contribution is -2.53. The number of sulfonamides is 1. The summed E-state index contributed by atoms with van der Waals surface area (Å²) in [7, 11) is -4.20. The molecule has 0 aliphatic heterocycles. The molecule has 0 radical (unpaired) electrons. The van der Waals surface area contributed by atoms with Gasteiger partial charge >= 0.3 is 0 Å². The van der Waals surface area contributed by atoms with Crippen LogP contribution >= 0.6 is 23.2 Å². The molecular formula is C36H39Cl2N3O4S. The van der Waals surface area contributed by atoms with Crippen molar-refractivity contribution in [3.8, 4) is 0 Å². The SMILES string of the molecule is CCCNC(=O)[C@@H](Cc1ccccc1)N(Cc1ccc(Cl)cc1Cl)C(=O)CN(c1ccc(C)cc1C)S(=O)(=O)c1ccc(C)cc1. The summed E-state index contributed by atoms with van der Waals surface area (Å²) in [6.45, 7) is 7.38. The second-order valence-electron chi connectivity index (χ2n) is 11.4. The number of amides is 2. The van der Waals surface area contributed by atoms with Gasteiger partial charge in [0.25, 0.3) is 10.0 Å². The van der Waals surface area contributed by atoms with E-state index >= 15 is 0 Å². The smallest absolute Gasteiger partial charge is 0.264 e. The van der Waals surface area contributed by atoms with Crippen LogP contribution in [0.15, 0.2) is 95.9 Å². The maximum absolute atomic E-state index is 14.6. The van der Waals surface area contributed by atoms with Gasteiger partial charge in [-0.3, -0.25) is 13.9 Å². The van der Waals surface area contributed by atoms with Gasteiger partial charge in [0.05, 0.1) is 10.6 Å². The van der Waals surface area contributed by atoms with Gasteiger partial charge < -0.3 is 10.2 Å². The molecule has 242 valence electrons. The van der Waals surface area contributed by atoms with Crippen molar-refractivity contribution in [2.24, 2.45) is 0 Å². The van der Waals surface area contributed by atoms with Crippen molar-refractivity contribution in [3.05, 3.63) is 129 Å². The minimum absolute atomic E-state index is 0.0445. The van der Waals surface area contributed by atoms with Crippen LogP contribution in [0.1, 0.15) is 41.2 Å². The molecule has 2 amide bonds. The van der Waals surface area contributed by atoms with Gasteiger partial charge in [0.1, 0.15) is 12.6 Å². The van der Waals surface area contributed by atoms with Gasteiger partial charge in [0.2, 0.25) is 11.8 Å². The average molecular weight is 681 g/mol. The standard InChI is InChI=1S/C36H39Cl2N3O4S/c1-5-19-39-36(43)34(21-28-9-7-6-8-10-28)40(23-29-14-15-30(37)22-32(29)38)35(42)24-41(33-18-13-26(3)20-27(33)4)46(44,45)31-16-11-25(2)12-17-31/h6-18,20,22,34H,5,19,21,23-24H2,1-4H3,(H,39,43)/t34-/m1/s1. The predicted octanol–water partition coefficient (Wildman–Crippen LogP) is 7.28. The summed E-state index contributed by atoms with van der Waals surface area (Å²) in [6.07, 6.45) is 0.914. The van der Waals surface area contributed by atoms with Crippen molar-refractivity contribution < 1.29 is 18.0 Å². The molecule has 0 fully saturated rings. The zero-order chi connectivity index (χ0) is 33.4. The van der Waals surface area contributed by atoms with Crippen LogP contribution in [0, 0.1) is 20.8 Å². The highest BCUT2D eigenvalue weighted by Gasteiger charge is 2.35. The summed E-state index contributed by atoms with van der Waals surface area (Å²) >= 11 is 12.8. The fourth-order valence-corrected chi connectivity index (χ4v) is 7.14. The topological polar surface area (TPSA) is 86.8 Å². The van der Waals surface area contributed by atoms with E-state index < -0.39 is 28.5 Å². The first-order valence-corrected chi connectivity index (χ1v) is 17.3. The number of carbonyl (C=O) groups excluding carboxylic acids is 2. The first-order chi connectivity index (χ1) is 21.9. The molecule has 1 atom stereocenters. The highest BCUT2D eigenvalue weighted by atomic mass is 35.5. The van der Waals surface area contributed by atoms with Crippen molar-refractivity contribution >= 4 is 50.7 Å². The van der Waals surface area contributed by atoms with E-state index in [1.807, 2.05) is 70.2 Å². The fraction of sp³-hybridized carbons (Fsp3) is 0.278. The second kappa shape index (κ2) is 15.6. The minimum atomic E-state index is -4.20. The maximum Gasteiger partial charge on any atom is 0.264 e. The van der Waals surface area contributed by atoms with Crippen LogP contribution in [0.4, 0.5) is 5.69 Å². The van der Waals surface area contributed by atoms with Crippen LogP contribution in [-0.4, -0.2) is 44.3 Å². The van der Waals surface area contributed by atoms with Gasteiger partial charge in [-0.25, -0.2) is 8.42 Å². The van der Waals surface area contributed by atoms with Crippen LogP contribution in [-0.2, 0) is 32.6 Å². The van der Waals surface area contributed by atoms with Crippen molar-refractivity contribution in [3.63, 3.8) is 0 Å². The Labute approximate surface area is 282 Å². The molecule has 0 saturated heterocycles. The summed E-state index contributed by atoms with van der Waals surface area (Å²) in [4.78, 5) is 29.9. The lowest BCUT2D eigenvalue weighted by Gasteiger charge is -2.34. The van der Waals surface area contributed by atoms with Crippen LogP contribution in [0.25, 0.3) is 0 Å². The third-order valence-electron chi connectivity index (χ3n) is 7.68. The molecule has 4 aromatic rings. The lowest BCUT2D eigenvalue weighted by molar-refractivity contribution is -0.140. The normalized spacial score (nSPS) is 12.0. The quantitative estimate of drug-likeness (QED) is 0.161. The Hall–Kier alpha value is -3.85. The second-order valence-corrected chi connectivity index (χ2v) is 14.1. The minimum Gasteiger partial charge on any atom is -0.354 e. The van der Waals surface area contributed by atoms with Crippen molar-refractivity contribution in [1.82, 2.24) is 10.2 Å². The van der Waals surface area contributed by atoms with E-state index in [0.29, 0.717) is 39.8 Å². The molecule has 7 nitrogen and oxygen atoms in total. The van der Waals surface area contributed by atoms with Crippen LogP contribution < -0.4 is 9.62 Å². The summed E-state index contributed by atoms with van der Waals surface area (Å²) in [6, 6.07) is 25.3. The number of nitrogens with zero attached hydrogens (tertiary/aromatic N) is 2. The van der Waals surface area contributed by atoms with E-state index in [2.05, 4.69) is 5.32 Å². The number of benzene rings is 4. The third kappa shape index (κ3) is 8.69. The molecule has 10 heteroatoms. The number of aryl methyl sites for hydroxylation is 3. The molecule has 4 aromatic carbocycles. The molecule has 0 spiro atoms. The van der Waals surface area contributed by atoms with Crippen LogP contribution in [0.5, 0.6) is 0 Å². The van der Waals surface area contributed by atoms with Gasteiger partial charge in [-0.1, -0.05) is 102 Å². The summed E-state index contributed by atoms with van der Waals surface area (Å²) < 4.78 is 29.7. The average Bonchev–Trinajstić information content (AvgIpc) is 3.02. The Morgan fingerprint density at radius 3 is 2.15 bits per heavy atom. The monoisotopic (exact) mass is 679 g/mol. The van der Waals surface area contributed by atoms with Crippen LogP contribution in [0.3, 0.4) is 0 Å². The summed E-state index contributed by atoms with van der Waals surface area (Å²) in [5.41, 5.74) is 4.34. The number of nitrogens with one attached hydrogen (secondary N) is 1. The Balaban J connectivity index is 1.84. The molecule has 0 heterocycles. The number of hydrogen-bond donors (Lipinski definition) is 1.